The number of nitrogens with one attached hydrogen (secondary N) is 1. The Labute approximate surface area is 140 Å². The van der Waals surface area contributed by atoms with Crippen molar-refractivity contribution in [3.05, 3.63) is 41.7 Å². The van der Waals surface area contributed by atoms with Crippen LogP contribution in [-0.4, -0.2) is 44.9 Å². The second-order valence-electron chi connectivity index (χ2n) is 6.49. The monoisotopic (exact) mass is 327 g/mol. The summed E-state index contributed by atoms with van der Waals surface area (Å²) in [5, 5.41) is 11.4. The number of ether oxygens (including phenoxy) is 1. The van der Waals surface area contributed by atoms with Gasteiger partial charge in [0.05, 0.1) is 19.3 Å². The van der Waals surface area contributed by atoms with E-state index in [0.717, 1.165) is 38.1 Å². The van der Waals surface area contributed by atoms with E-state index < -0.39 is 0 Å². The van der Waals surface area contributed by atoms with E-state index in [9.17, 15) is 4.79 Å². The Bertz CT molecular complexity index is 715. The van der Waals surface area contributed by atoms with Crippen LogP contribution in [-0.2, 0) is 24.1 Å². The molecule has 0 aromatic carbocycles. The topological polar surface area (TPSA) is 81.9 Å². The number of carbonyl (C=O) groups excluding carboxylic acids is 1. The molecule has 2 aliphatic heterocycles. The Kier molecular flexibility index (Phi) is 4.25. The number of pyridine rings is 1. The van der Waals surface area contributed by atoms with Gasteiger partial charge >= 0.3 is 0 Å². The fourth-order valence-corrected chi connectivity index (χ4v) is 3.49. The molecule has 0 unspecified atom stereocenters. The standard InChI is InChI=1S/C17H21N5O2/c23-17(16-21-20-15-3-1-2-8-22(15)16)19-14-11-24-10-13(14)9-12-4-6-18-7-5-12/h4-7,13-14H,1-3,8-11H2,(H,19,23)/t13-,14-/m1/s1. The lowest BCUT2D eigenvalue weighted by molar-refractivity contribution is 0.0908. The van der Waals surface area contributed by atoms with Gasteiger partial charge in [-0.3, -0.25) is 9.78 Å². The Morgan fingerprint density at radius 2 is 2.12 bits per heavy atom. The minimum Gasteiger partial charge on any atom is -0.379 e. The van der Waals surface area contributed by atoms with Gasteiger partial charge in [-0.25, -0.2) is 0 Å². The van der Waals surface area contributed by atoms with Crippen molar-refractivity contribution in [1.82, 2.24) is 25.1 Å². The lowest BCUT2D eigenvalue weighted by Crippen LogP contribution is -2.41. The van der Waals surface area contributed by atoms with E-state index in [2.05, 4.69) is 20.5 Å². The number of carbonyl (C=O) groups is 1. The molecule has 0 spiro atoms. The van der Waals surface area contributed by atoms with Crippen LogP contribution in [0.15, 0.2) is 24.5 Å². The Morgan fingerprint density at radius 1 is 1.25 bits per heavy atom. The zero-order valence-electron chi connectivity index (χ0n) is 13.5. The van der Waals surface area contributed by atoms with Gasteiger partial charge in [-0.2, -0.15) is 0 Å². The Balaban J connectivity index is 1.44. The average Bonchev–Trinajstić information content (AvgIpc) is 3.23. The number of fused-ring (bicyclic) bond motifs is 1. The molecule has 2 aromatic rings. The van der Waals surface area contributed by atoms with Crippen LogP contribution in [0.1, 0.15) is 34.8 Å². The molecule has 0 bridgehead atoms. The summed E-state index contributed by atoms with van der Waals surface area (Å²) in [6.45, 7) is 2.03. The third-order valence-electron chi connectivity index (χ3n) is 4.82. The van der Waals surface area contributed by atoms with Crippen molar-refractivity contribution in [3.8, 4) is 0 Å². The molecular formula is C17H21N5O2. The quantitative estimate of drug-likeness (QED) is 0.906. The highest BCUT2D eigenvalue weighted by atomic mass is 16.5. The summed E-state index contributed by atoms with van der Waals surface area (Å²) in [6.07, 6.45) is 7.54. The van der Waals surface area contributed by atoms with Crippen molar-refractivity contribution >= 4 is 5.91 Å². The van der Waals surface area contributed by atoms with Gasteiger partial charge in [0.1, 0.15) is 5.82 Å². The van der Waals surface area contributed by atoms with Crippen LogP contribution < -0.4 is 5.32 Å². The van der Waals surface area contributed by atoms with Gasteiger partial charge in [0.25, 0.3) is 5.91 Å². The molecule has 2 atom stereocenters. The second-order valence-corrected chi connectivity index (χ2v) is 6.49. The first-order valence-corrected chi connectivity index (χ1v) is 8.51. The van der Waals surface area contributed by atoms with Crippen molar-refractivity contribution in [2.45, 2.75) is 38.3 Å². The van der Waals surface area contributed by atoms with E-state index in [1.807, 2.05) is 16.7 Å². The van der Waals surface area contributed by atoms with Crippen molar-refractivity contribution in [1.29, 1.82) is 0 Å². The number of hydrogen-bond acceptors (Lipinski definition) is 5. The van der Waals surface area contributed by atoms with Crippen LogP contribution in [0.4, 0.5) is 0 Å². The number of aromatic nitrogens is 4. The molecule has 7 heteroatoms. The molecule has 2 aromatic heterocycles. The number of aryl methyl sites for hydroxylation is 1. The van der Waals surface area contributed by atoms with Gasteiger partial charge in [-0.1, -0.05) is 0 Å². The highest BCUT2D eigenvalue weighted by molar-refractivity contribution is 5.91. The van der Waals surface area contributed by atoms with Gasteiger partial charge in [0.15, 0.2) is 0 Å². The molecule has 7 nitrogen and oxygen atoms in total. The normalized spacial score (nSPS) is 23.0. The van der Waals surface area contributed by atoms with Crippen molar-refractivity contribution in [2.24, 2.45) is 5.92 Å². The maximum Gasteiger partial charge on any atom is 0.289 e. The molecule has 0 radical (unpaired) electrons. The Morgan fingerprint density at radius 3 is 3.00 bits per heavy atom. The molecule has 1 N–H and O–H groups in total. The van der Waals surface area contributed by atoms with E-state index in [4.69, 9.17) is 4.74 Å². The maximum absolute atomic E-state index is 12.6. The summed E-state index contributed by atoms with van der Waals surface area (Å²) >= 11 is 0. The SMILES string of the molecule is O=C(N[C@@H]1COC[C@H]1Cc1ccncc1)c1nnc2n1CCCC2. The summed E-state index contributed by atoms with van der Waals surface area (Å²) < 4.78 is 7.55. The fourth-order valence-electron chi connectivity index (χ4n) is 3.49. The first-order chi connectivity index (χ1) is 11.8. The van der Waals surface area contributed by atoms with Crippen LogP contribution in [0.5, 0.6) is 0 Å². The number of hydrogen-bond donors (Lipinski definition) is 1. The molecule has 1 amide bonds. The van der Waals surface area contributed by atoms with Crippen molar-refractivity contribution < 1.29 is 9.53 Å². The largest absolute Gasteiger partial charge is 0.379 e. The number of rotatable bonds is 4. The average molecular weight is 327 g/mol. The first-order valence-electron chi connectivity index (χ1n) is 8.51. The van der Waals surface area contributed by atoms with Crippen LogP contribution in [0.2, 0.25) is 0 Å². The molecule has 0 aliphatic carbocycles. The zero-order valence-corrected chi connectivity index (χ0v) is 13.5. The third kappa shape index (κ3) is 3.03. The molecule has 2 aliphatic rings. The van der Waals surface area contributed by atoms with Gasteiger partial charge < -0.3 is 14.6 Å². The highest BCUT2D eigenvalue weighted by Gasteiger charge is 2.31. The van der Waals surface area contributed by atoms with Crippen LogP contribution >= 0.6 is 0 Å². The second kappa shape index (κ2) is 6.68. The lowest BCUT2D eigenvalue weighted by Gasteiger charge is -2.20. The molecule has 0 saturated carbocycles. The van der Waals surface area contributed by atoms with Crippen LogP contribution in [0.3, 0.4) is 0 Å². The van der Waals surface area contributed by atoms with E-state index in [1.165, 1.54) is 5.56 Å². The summed E-state index contributed by atoms with van der Waals surface area (Å²) in [5.41, 5.74) is 1.21. The number of nitrogens with zero attached hydrogens (tertiary/aromatic N) is 4. The lowest BCUT2D eigenvalue weighted by atomic mass is 9.95. The molecule has 1 fully saturated rings. The van der Waals surface area contributed by atoms with Gasteiger partial charge in [-0.15, -0.1) is 10.2 Å². The number of amides is 1. The van der Waals surface area contributed by atoms with E-state index in [1.54, 1.807) is 12.4 Å². The van der Waals surface area contributed by atoms with Gasteiger partial charge in [-0.05, 0) is 37.0 Å². The van der Waals surface area contributed by atoms with E-state index in [-0.39, 0.29) is 17.9 Å². The minimum absolute atomic E-state index is 0.00204. The maximum atomic E-state index is 12.6. The van der Waals surface area contributed by atoms with Crippen molar-refractivity contribution in [2.75, 3.05) is 13.2 Å². The van der Waals surface area contributed by atoms with Crippen LogP contribution in [0, 0.1) is 5.92 Å². The van der Waals surface area contributed by atoms with E-state index in [0.29, 0.717) is 19.0 Å². The highest BCUT2D eigenvalue weighted by Crippen LogP contribution is 2.20. The van der Waals surface area contributed by atoms with Crippen molar-refractivity contribution in [3.63, 3.8) is 0 Å². The molecule has 4 rings (SSSR count). The molecule has 126 valence electrons. The predicted molar refractivity (Wildman–Crippen MR) is 86.5 cm³/mol. The summed E-state index contributed by atoms with van der Waals surface area (Å²) in [5.74, 6) is 1.47. The molecule has 4 heterocycles. The van der Waals surface area contributed by atoms with Gasteiger partial charge in [0, 0.05) is 31.3 Å². The molecular weight excluding hydrogens is 306 g/mol. The smallest absolute Gasteiger partial charge is 0.289 e. The summed E-state index contributed by atoms with van der Waals surface area (Å²) in [4.78, 5) is 16.7. The zero-order chi connectivity index (χ0) is 16.4. The first kappa shape index (κ1) is 15.3. The summed E-state index contributed by atoms with van der Waals surface area (Å²) in [7, 11) is 0. The van der Waals surface area contributed by atoms with Crippen LogP contribution in [0.25, 0.3) is 0 Å². The summed E-state index contributed by atoms with van der Waals surface area (Å²) in [6, 6.07) is 4.01. The molecule has 1 saturated heterocycles. The Hall–Kier alpha value is -2.28. The van der Waals surface area contributed by atoms with Gasteiger partial charge in [0.2, 0.25) is 5.82 Å². The van der Waals surface area contributed by atoms with E-state index >= 15 is 0 Å². The predicted octanol–water partition coefficient (Wildman–Crippen LogP) is 0.997. The minimum atomic E-state index is -0.147. The fraction of sp³-hybridized carbons (Fsp3) is 0.529. The molecule has 24 heavy (non-hydrogen) atoms. The third-order valence-corrected chi connectivity index (χ3v) is 4.82.